The Morgan fingerprint density at radius 2 is 1.87 bits per heavy atom. The van der Waals surface area contributed by atoms with E-state index in [4.69, 9.17) is 4.74 Å². The van der Waals surface area contributed by atoms with E-state index in [1.165, 1.54) is 0 Å². The summed E-state index contributed by atoms with van der Waals surface area (Å²) in [6.45, 7) is 3.22. The van der Waals surface area contributed by atoms with Crippen LogP contribution < -0.4 is 10.6 Å². The Morgan fingerprint density at radius 1 is 1.17 bits per heavy atom. The van der Waals surface area contributed by atoms with Gasteiger partial charge in [0.1, 0.15) is 6.10 Å². The van der Waals surface area contributed by atoms with Crippen molar-refractivity contribution in [2.75, 3.05) is 32.8 Å². The fourth-order valence-electron chi connectivity index (χ4n) is 2.33. The van der Waals surface area contributed by atoms with Gasteiger partial charge in [0.25, 0.3) is 0 Å². The Balaban J connectivity index is 1.85. The molecule has 0 bridgehead atoms. The van der Waals surface area contributed by atoms with Gasteiger partial charge in [0.2, 0.25) is 5.91 Å². The number of hydrogen-bond acceptors (Lipinski definition) is 4. The Bertz CT molecular complexity index is 562. The van der Waals surface area contributed by atoms with E-state index in [1.54, 1.807) is 11.8 Å². The molecule has 1 unspecified atom stereocenters. The summed E-state index contributed by atoms with van der Waals surface area (Å²) < 4.78 is 5.69. The van der Waals surface area contributed by atoms with Gasteiger partial charge >= 0.3 is 11.8 Å². The van der Waals surface area contributed by atoms with E-state index in [0.29, 0.717) is 26.2 Å². The monoisotopic (exact) mass is 319 g/mol. The van der Waals surface area contributed by atoms with Crippen molar-refractivity contribution in [2.45, 2.75) is 13.0 Å². The first-order valence-electron chi connectivity index (χ1n) is 7.62. The first kappa shape index (κ1) is 17.0. The standard InChI is InChI=1S/C16H21N3O4/c1-2-17-15(21)16(22)18-10-14(20)19-8-9-23-13(11-19)12-6-4-3-5-7-12/h3-7,13H,2,8-11H2,1H3,(H,17,21)(H,18,22). The van der Waals surface area contributed by atoms with E-state index in [9.17, 15) is 14.4 Å². The zero-order valence-electron chi connectivity index (χ0n) is 13.1. The summed E-state index contributed by atoms with van der Waals surface area (Å²) in [5.41, 5.74) is 1.01. The molecule has 2 rings (SSSR count). The number of likely N-dealkylation sites (N-methyl/N-ethyl adjacent to an activating group) is 1. The van der Waals surface area contributed by atoms with E-state index < -0.39 is 11.8 Å². The molecule has 7 nitrogen and oxygen atoms in total. The number of carbonyl (C=O) groups is 3. The highest BCUT2D eigenvalue weighted by Crippen LogP contribution is 2.21. The van der Waals surface area contributed by atoms with Gasteiger partial charge in [-0.15, -0.1) is 0 Å². The molecule has 124 valence electrons. The van der Waals surface area contributed by atoms with Crippen molar-refractivity contribution < 1.29 is 19.1 Å². The maximum absolute atomic E-state index is 12.2. The SMILES string of the molecule is CCNC(=O)C(=O)NCC(=O)N1CCOC(c2ccccc2)C1. The van der Waals surface area contributed by atoms with Crippen molar-refractivity contribution in [1.82, 2.24) is 15.5 Å². The lowest BCUT2D eigenvalue weighted by molar-refractivity contribution is -0.142. The molecule has 1 atom stereocenters. The van der Waals surface area contributed by atoms with E-state index >= 15 is 0 Å². The molecule has 7 heteroatoms. The molecule has 1 aromatic carbocycles. The van der Waals surface area contributed by atoms with Crippen molar-refractivity contribution in [3.05, 3.63) is 35.9 Å². The van der Waals surface area contributed by atoms with Crippen LogP contribution in [0.1, 0.15) is 18.6 Å². The van der Waals surface area contributed by atoms with Crippen LogP contribution >= 0.6 is 0 Å². The third kappa shape index (κ3) is 4.79. The molecule has 2 N–H and O–H groups in total. The van der Waals surface area contributed by atoms with Gasteiger partial charge in [-0.25, -0.2) is 0 Å². The van der Waals surface area contributed by atoms with Gasteiger partial charge < -0.3 is 20.3 Å². The average Bonchev–Trinajstić information content (AvgIpc) is 2.60. The van der Waals surface area contributed by atoms with Gasteiger partial charge in [-0.05, 0) is 12.5 Å². The second-order valence-electron chi connectivity index (χ2n) is 5.15. The number of carbonyl (C=O) groups excluding carboxylic acids is 3. The number of benzene rings is 1. The molecule has 1 aliphatic heterocycles. The molecule has 0 aromatic heterocycles. The maximum Gasteiger partial charge on any atom is 0.309 e. The summed E-state index contributed by atoms with van der Waals surface area (Å²) in [5.74, 6) is -1.76. The Labute approximate surface area is 135 Å². The molecule has 1 fully saturated rings. The van der Waals surface area contributed by atoms with Crippen LogP contribution in [-0.2, 0) is 19.1 Å². The van der Waals surface area contributed by atoms with Crippen LogP contribution in [0, 0.1) is 0 Å². The number of rotatable bonds is 4. The first-order valence-corrected chi connectivity index (χ1v) is 7.62. The summed E-state index contributed by atoms with van der Waals surface area (Å²) in [6, 6.07) is 9.68. The van der Waals surface area contributed by atoms with Crippen LogP contribution in [0.15, 0.2) is 30.3 Å². The zero-order chi connectivity index (χ0) is 16.7. The Morgan fingerprint density at radius 3 is 2.57 bits per heavy atom. The van der Waals surface area contributed by atoms with E-state index in [0.717, 1.165) is 5.56 Å². The summed E-state index contributed by atoms with van der Waals surface area (Å²) in [6.07, 6.45) is -0.173. The third-order valence-corrected chi connectivity index (χ3v) is 3.53. The number of nitrogens with zero attached hydrogens (tertiary/aromatic N) is 1. The summed E-state index contributed by atoms with van der Waals surface area (Å²) in [4.78, 5) is 36.6. The molecule has 3 amide bonds. The second-order valence-corrected chi connectivity index (χ2v) is 5.15. The van der Waals surface area contributed by atoms with Crippen molar-refractivity contribution in [1.29, 1.82) is 0 Å². The van der Waals surface area contributed by atoms with Gasteiger partial charge in [0.05, 0.1) is 19.7 Å². The largest absolute Gasteiger partial charge is 0.370 e. The van der Waals surface area contributed by atoms with Crippen LogP contribution in [0.3, 0.4) is 0 Å². The Hall–Kier alpha value is -2.41. The van der Waals surface area contributed by atoms with Gasteiger partial charge in [0, 0.05) is 13.1 Å². The van der Waals surface area contributed by atoms with E-state index in [2.05, 4.69) is 10.6 Å². The summed E-state index contributed by atoms with van der Waals surface area (Å²) in [7, 11) is 0. The van der Waals surface area contributed by atoms with Crippen LogP contribution in [-0.4, -0.2) is 55.4 Å². The van der Waals surface area contributed by atoms with Crippen LogP contribution in [0.4, 0.5) is 0 Å². The maximum atomic E-state index is 12.2. The molecule has 1 aromatic rings. The molecule has 1 aliphatic rings. The predicted molar refractivity (Wildman–Crippen MR) is 83.4 cm³/mol. The van der Waals surface area contributed by atoms with Crippen molar-refractivity contribution in [2.24, 2.45) is 0 Å². The fourth-order valence-corrected chi connectivity index (χ4v) is 2.33. The van der Waals surface area contributed by atoms with Crippen molar-refractivity contribution in [3.63, 3.8) is 0 Å². The molecular formula is C16H21N3O4. The quantitative estimate of drug-likeness (QED) is 0.755. The van der Waals surface area contributed by atoms with Gasteiger partial charge in [-0.2, -0.15) is 0 Å². The topological polar surface area (TPSA) is 87.7 Å². The molecule has 1 heterocycles. The molecular weight excluding hydrogens is 298 g/mol. The fraction of sp³-hybridized carbons (Fsp3) is 0.438. The first-order chi connectivity index (χ1) is 11.1. The van der Waals surface area contributed by atoms with Gasteiger partial charge in [-0.1, -0.05) is 30.3 Å². The van der Waals surface area contributed by atoms with Crippen LogP contribution in [0.25, 0.3) is 0 Å². The molecule has 0 radical (unpaired) electrons. The predicted octanol–water partition coefficient (Wildman–Crippen LogP) is -0.161. The Kier molecular flexibility index (Phi) is 6.10. The number of morpholine rings is 1. The van der Waals surface area contributed by atoms with Crippen molar-refractivity contribution >= 4 is 17.7 Å². The smallest absolute Gasteiger partial charge is 0.309 e. The van der Waals surface area contributed by atoms with E-state index in [-0.39, 0.29) is 18.6 Å². The number of hydrogen-bond donors (Lipinski definition) is 2. The molecule has 0 saturated carbocycles. The van der Waals surface area contributed by atoms with Crippen LogP contribution in [0.2, 0.25) is 0 Å². The number of nitrogens with one attached hydrogen (secondary N) is 2. The molecule has 1 saturated heterocycles. The molecule has 0 spiro atoms. The van der Waals surface area contributed by atoms with E-state index in [1.807, 2.05) is 30.3 Å². The molecule has 0 aliphatic carbocycles. The third-order valence-electron chi connectivity index (χ3n) is 3.53. The lowest BCUT2D eigenvalue weighted by Crippen LogP contribution is -2.48. The highest BCUT2D eigenvalue weighted by Gasteiger charge is 2.25. The zero-order valence-corrected chi connectivity index (χ0v) is 13.1. The second kappa shape index (κ2) is 8.28. The van der Waals surface area contributed by atoms with Gasteiger partial charge in [-0.3, -0.25) is 14.4 Å². The average molecular weight is 319 g/mol. The minimum atomic E-state index is -0.798. The number of ether oxygens (including phenoxy) is 1. The highest BCUT2D eigenvalue weighted by atomic mass is 16.5. The minimum absolute atomic E-state index is 0.173. The van der Waals surface area contributed by atoms with Gasteiger partial charge in [0.15, 0.2) is 0 Å². The lowest BCUT2D eigenvalue weighted by atomic mass is 10.1. The summed E-state index contributed by atoms with van der Waals surface area (Å²) >= 11 is 0. The van der Waals surface area contributed by atoms with Crippen LogP contribution in [0.5, 0.6) is 0 Å². The lowest BCUT2D eigenvalue weighted by Gasteiger charge is -2.33. The minimum Gasteiger partial charge on any atom is -0.370 e. The highest BCUT2D eigenvalue weighted by molar-refractivity contribution is 6.35. The summed E-state index contributed by atoms with van der Waals surface area (Å²) in [5, 5.41) is 4.72. The molecule has 23 heavy (non-hydrogen) atoms. The van der Waals surface area contributed by atoms with Crippen molar-refractivity contribution in [3.8, 4) is 0 Å². The number of amides is 3. The normalized spacial score (nSPS) is 17.4.